The molecular weight excluding hydrogens is 176 g/mol. The Hall–Kier alpha value is -0.0800. The molecule has 0 atom stereocenters. The highest BCUT2D eigenvalue weighted by molar-refractivity contribution is 4.74. The van der Waals surface area contributed by atoms with Crippen LogP contribution >= 0.6 is 0 Å². The van der Waals surface area contributed by atoms with Gasteiger partial charge in [0.2, 0.25) is 0 Å². The minimum Gasteiger partial charge on any atom is -0.384 e. The van der Waals surface area contributed by atoms with Gasteiger partial charge in [-0.3, -0.25) is 0 Å². The van der Waals surface area contributed by atoms with Crippen molar-refractivity contribution in [3.05, 3.63) is 0 Å². The molecule has 0 aromatic heterocycles. The second-order valence-corrected chi connectivity index (χ2v) is 5.69. The molecule has 0 aliphatic carbocycles. The molecule has 0 aromatic carbocycles. The average Bonchev–Trinajstić information content (AvgIpc) is 2.01. The van der Waals surface area contributed by atoms with Crippen molar-refractivity contribution >= 4 is 0 Å². The van der Waals surface area contributed by atoms with Crippen molar-refractivity contribution in [3.8, 4) is 0 Å². The van der Waals surface area contributed by atoms with Crippen LogP contribution in [0.1, 0.15) is 40.5 Å². The number of ether oxygens (including phenoxy) is 2. The van der Waals surface area contributed by atoms with Crippen molar-refractivity contribution in [1.82, 2.24) is 0 Å². The zero-order valence-corrected chi connectivity index (χ0v) is 10.6. The lowest BCUT2D eigenvalue weighted by molar-refractivity contribution is 0.0613. The van der Waals surface area contributed by atoms with Crippen molar-refractivity contribution < 1.29 is 9.47 Å². The highest BCUT2D eigenvalue weighted by atomic mass is 16.5. The first-order chi connectivity index (χ1) is 6.33. The van der Waals surface area contributed by atoms with Crippen molar-refractivity contribution in [2.75, 3.05) is 27.4 Å². The minimum absolute atomic E-state index is 0.278. The van der Waals surface area contributed by atoms with Gasteiger partial charge in [0.05, 0.1) is 13.2 Å². The Morgan fingerprint density at radius 2 is 1.00 bits per heavy atom. The van der Waals surface area contributed by atoms with E-state index in [0.717, 1.165) is 13.2 Å². The van der Waals surface area contributed by atoms with Gasteiger partial charge in [-0.2, -0.15) is 0 Å². The zero-order valence-electron chi connectivity index (χ0n) is 10.6. The van der Waals surface area contributed by atoms with Gasteiger partial charge in [0.1, 0.15) is 0 Å². The fraction of sp³-hybridized carbons (Fsp3) is 1.00. The number of methoxy groups -OCH3 is 2. The molecule has 2 nitrogen and oxygen atoms in total. The van der Waals surface area contributed by atoms with E-state index in [1.54, 1.807) is 14.2 Å². The van der Waals surface area contributed by atoms with Crippen molar-refractivity contribution in [2.45, 2.75) is 40.5 Å². The molecule has 0 unspecified atom stereocenters. The summed E-state index contributed by atoms with van der Waals surface area (Å²) in [6.07, 6.45) is 2.36. The SMILES string of the molecule is COCC(C)(C)CCC(C)(C)COC. The van der Waals surface area contributed by atoms with Crippen molar-refractivity contribution in [1.29, 1.82) is 0 Å². The van der Waals surface area contributed by atoms with E-state index in [0.29, 0.717) is 0 Å². The molecule has 0 aromatic rings. The van der Waals surface area contributed by atoms with E-state index in [1.165, 1.54) is 12.8 Å². The first-order valence-corrected chi connectivity index (χ1v) is 5.31. The summed E-state index contributed by atoms with van der Waals surface area (Å²) in [4.78, 5) is 0. The Morgan fingerprint density at radius 1 is 0.714 bits per heavy atom. The summed E-state index contributed by atoms with van der Waals surface area (Å²) in [7, 11) is 3.53. The van der Waals surface area contributed by atoms with E-state index >= 15 is 0 Å². The fourth-order valence-corrected chi connectivity index (χ4v) is 1.60. The lowest BCUT2D eigenvalue weighted by Crippen LogP contribution is -2.24. The van der Waals surface area contributed by atoms with Crippen molar-refractivity contribution in [3.63, 3.8) is 0 Å². The third-order valence-electron chi connectivity index (χ3n) is 2.55. The van der Waals surface area contributed by atoms with Crippen LogP contribution < -0.4 is 0 Å². The van der Waals surface area contributed by atoms with E-state index in [1.807, 2.05) is 0 Å². The van der Waals surface area contributed by atoms with Crippen LogP contribution in [0, 0.1) is 10.8 Å². The molecule has 0 aliphatic heterocycles. The Morgan fingerprint density at radius 3 is 1.21 bits per heavy atom. The summed E-state index contributed by atoms with van der Waals surface area (Å²) in [5, 5.41) is 0. The van der Waals surface area contributed by atoms with Crippen LogP contribution in [0.15, 0.2) is 0 Å². The van der Waals surface area contributed by atoms with Crippen LogP contribution in [-0.4, -0.2) is 27.4 Å². The molecule has 0 heterocycles. The molecule has 86 valence electrons. The molecule has 0 radical (unpaired) electrons. The number of hydrogen-bond donors (Lipinski definition) is 0. The molecule has 0 rings (SSSR count). The second-order valence-electron chi connectivity index (χ2n) is 5.69. The quantitative estimate of drug-likeness (QED) is 0.631. The number of rotatable bonds is 7. The molecule has 0 N–H and O–H groups in total. The smallest absolute Gasteiger partial charge is 0.0513 e. The minimum atomic E-state index is 0.278. The maximum absolute atomic E-state index is 5.20. The molecule has 0 bridgehead atoms. The van der Waals surface area contributed by atoms with Crippen LogP contribution in [0.3, 0.4) is 0 Å². The van der Waals surface area contributed by atoms with Gasteiger partial charge < -0.3 is 9.47 Å². The molecule has 0 saturated carbocycles. The van der Waals surface area contributed by atoms with E-state index in [-0.39, 0.29) is 10.8 Å². The maximum Gasteiger partial charge on any atom is 0.0513 e. The van der Waals surface area contributed by atoms with E-state index in [2.05, 4.69) is 27.7 Å². The summed E-state index contributed by atoms with van der Waals surface area (Å²) >= 11 is 0. The Labute approximate surface area is 89.0 Å². The fourth-order valence-electron chi connectivity index (χ4n) is 1.60. The highest BCUT2D eigenvalue weighted by Crippen LogP contribution is 2.30. The van der Waals surface area contributed by atoms with E-state index in [4.69, 9.17) is 9.47 Å². The molecule has 0 amide bonds. The third kappa shape index (κ3) is 6.39. The van der Waals surface area contributed by atoms with Gasteiger partial charge in [-0.25, -0.2) is 0 Å². The van der Waals surface area contributed by atoms with Gasteiger partial charge in [0.25, 0.3) is 0 Å². The Balaban J connectivity index is 3.90. The van der Waals surface area contributed by atoms with Gasteiger partial charge in [-0.15, -0.1) is 0 Å². The van der Waals surface area contributed by atoms with Crippen LogP contribution in [0.25, 0.3) is 0 Å². The highest BCUT2D eigenvalue weighted by Gasteiger charge is 2.24. The lowest BCUT2D eigenvalue weighted by Gasteiger charge is -2.30. The molecule has 0 spiro atoms. The zero-order chi connectivity index (χ0) is 11.2. The summed E-state index contributed by atoms with van der Waals surface area (Å²) < 4.78 is 10.4. The van der Waals surface area contributed by atoms with Gasteiger partial charge in [0.15, 0.2) is 0 Å². The number of hydrogen-bond acceptors (Lipinski definition) is 2. The first kappa shape index (κ1) is 13.9. The maximum atomic E-state index is 5.20. The monoisotopic (exact) mass is 202 g/mol. The van der Waals surface area contributed by atoms with Gasteiger partial charge in [-0.1, -0.05) is 27.7 Å². The van der Waals surface area contributed by atoms with Crippen LogP contribution in [0.4, 0.5) is 0 Å². The molecular formula is C12H26O2. The van der Waals surface area contributed by atoms with Gasteiger partial charge >= 0.3 is 0 Å². The van der Waals surface area contributed by atoms with Gasteiger partial charge in [-0.05, 0) is 23.7 Å². The van der Waals surface area contributed by atoms with Crippen LogP contribution in [0.2, 0.25) is 0 Å². The summed E-state index contributed by atoms with van der Waals surface area (Å²) in [5.41, 5.74) is 0.555. The predicted octanol–water partition coefficient (Wildman–Crippen LogP) is 3.11. The third-order valence-corrected chi connectivity index (χ3v) is 2.55. The van der Waals surface area contributed by atoms with E-state index < -0.39 is 0 Å². The standard InChI is InChI=1S/C12H26O2/c1-11(2,9-13-5)7-8-12(3,4)10-14-6/h7-10H2,1-6H3. The Kier molecular flexibility index (Phi) is 5.68. The summed E-state index contributed by atoms with van der Waals surface area (Å²) in [6.45, 7) is 10.7. The molecule has 0 saturated heterocycles. The molecule has 0 aliphatic rings. The normalized spacial score (nSPS) is 13.3. The average molecular weight is 202 g/mol. The summed E-state index contributed by atoms with van der Waals surface area (Å²) in [6, 6.07) is 0. The molecule has 0 fully saturated rings. The van der Waals surface area contributed by atoms with Crippen LogP contribution in [-0.2, 0) is 9.47 Å². The largest absolute Gasteiger partial charge is 0.384 e. The predicted molar refractivity (Wildman–Crippen MR) is 60.5 cm³/mol. The molecule has 2 heteroatoms. The van der Waals surface area contributed by atoms with E-state index in [9.17, 15) is 0 Å². The topological polar surface area (TPSA) is 18.5 Å². The first-order valence-electron chi connectivity index (χ1n) is 5.31. The lowest BCUT2D eigenvalue weighted by atomic mass is 9.80. The van der Waals surface area contributed by atoms with Crippen molar-refractivity contribution in [2.24, 2.45) is 10.8 Å². The second kappa shape index (κ2) is 5.72. The van der Waals surface area contributed by atoms with Gasteiger partial charge in [0, 0.05) is 14.2 Å². The summed E-state index contributed by atoms with van der Waals surface area (Å²) in [5.74, 6) is 0. The molecule has 14 heavy (non-hydrogen) atoms. The van der Waals surface area contributed by atoms with Crippen LogP contribution in [0.5, 0.6) is 0 Å². The Bertz CT molecular complexity index is 132.